The molecular weight excluding hydrogens is 907 g/mol. The van der Waals surface area contributed by atoms with Crippen molar-refractivity contribution in [1.29, 1.82) is 0 Å². The predicted octanol–water partition coefficient (Wildman–Crippen LogP) is 9.50. The van der Waals surface area contributed by atoms with Gasteiger partial charge in [-0.15, -0.1) is 0 Å². The highest BCUT2D eigenvalue weighted by Gasteiger charge is 2.51. The lowest BCUT2D eigenvalue weighted by atomic mass is 9.97. The van der Waals surface area contributed by atoms with Crippen molar-refractivity contribution < 1.29 is 64.6 Å². The number of unbranched alkanes of at least 4 members (excludes halogenated alkanes) is 34. The molecule has 14 nitrogen and oxygen atoms in total. The van der Waals surface area contributed by atoms with Crippen LogP contribution in [0, 0.1) is 0 Å². The van der Waals surface area contributed by atoms with E-state index in [1.165, 1.54) is 186 Å². The van der Waals surface area contributed by atoms with Gasteiger partial charge in [-0.05, 0) is 19.3 Å². The first-order valence-electron chi connectivity index (χ1n) is 29.4. The number of carbonyl (C=O) groups is 1. The Kier molecular flexibility index (Phi) is 40.7. The van der Waals surface area contributed by atoms with Crippen molar-refractivity contribution in [2.24, 2.45) is 0 Å². The maximum Gasteiger partial charge on any atom is 0.220 e. The van der Waals surface area contributed by atoms with Gasteiger partial charge >= 0.3 is 0 Å². The Morgan fingerprint density at radius 2 is 0.873 bits per heavy atom. The Bertz CT molecular complexity index is 1240. The van der Waals surface area contributed by atoms with E-state index in [1.807, 2.05) is 6.08 Å². The first-order chi connectivity index (χ1) is 34.6. The second-order valence-corrected chi connectivity index (χ2v) is 21.1. The van der Waals surface area contributed by atoms with Gasteiger partial charge in [0, 0.05) is 6.42 Å². The molecule has 2 aliphatic heterocycles. The summed E-state index contributed by atoms with van der Waals surface area (Å²) >= 11 is 0. The minimum atomic E-state index is -1.78. The number of rotatable bonds is 47. The molecule has 9 N–H and O–H groups in total. The van der Waals surface area contributed by atoms with Crippen LogP contribution in [0.2, 0.25) is 0 Å². The Morgan fingerprint density at radius 1 is 0.493 bits per heavy atom. The summed E-state index contributed by atoms with van der Waals surface area (Å²) in [4.78, 5) is 13.2. The zero-order valence-electron chi connectivity index (χ0n) is 45.0. The van der Waals surface area contributed by atoms with Crippen LogP contribution in [0.3, 0.4) is 0 Å². The van der Waals surface area contributed by atoms with E-state index in [9.17, 15) is 45.6 Å². The summed E-state index contributed by atoms with van der Waals surface area (Å²) in [6, 6.07) is -0.907. The number of hydrogen-bond donors (Lipinski definition) is 9. The van der Waals surface area contributed by atoms with Crippen LogP contribution in [0.1, 0.15) is 251 Å². The second-order valence-electron chi connectivity index (χ2n) is 21.1. The largest absolute Gasteiger partial charge is 0.394 e. The lowest BCUT2D eigenvalue weighted by Gasteiger charge is -2.46. The fourth-order valence-corrected chi connectivity index (χ4v) is 9.94. The molecule has 1 amide bonds. The van der Waals surface area contributed by atoms with Crippen molar-refractivity contribution in [3.63, 3.8) is 0 Å². The van der Waals surface area contributed by atoms with Gasteiger partial charge in [-0.3, -0.25) is 4.79 Å². The summed E-state index contributed by atoms with van der Waals surface area (Å²) in [5.74, 6) is -0.237. The molecule has 0 radical (unpaired) electrons. The van der Waals surface area contributed by atoms with Crippen LogP contribution in [0.15, 0.2) is 12.2 Å². The summed E-state index contributed by atoms with van der Waals surface area (Å²) in [6.07, 6.45) is 32.9. The van der Waals surface area contributed by atoms with E-state index in [2.05, 4.69) is 19.2 Å². The van der Waals surface area contributed by atoms with E-state index in [0.717, 1.165) is 38.5 Å². The second kappa shape index (κ2) is 43.9. The first kappa shape index (κ1) is 65.8. The number of carbonyl (C=O) groups excluding carboxylic acids is 1. The van der Waals surface area contributed by atoms with Gasteiger partial charge in [0.05, 0.1) is 32.0 Å². The van der Waals surface area contributed by atoms with Crippen LogP contribution in [0.25, 0.3) is 0 Å². The van der Waals surface area contributed by atoms with Gasteiger partial charge in [0.25, 0.3) is 0 Å². The van der Waals surface area contributed by atoms with Gasteiger partial charge in [-0.25, -0.2) is 0 Å². The third kappa shape index (κ3) is 30.2. The number of ether oxygens (including phenoxy) is 4. The molecule has 2 aliphatic rings. The molecule has 0 bridgehead atoms. The molecule has 2 rings (SSSR count). The zero-order valence-corrected chi connectivity index (χ0v) is 45.0. The standard InChI is InChI=1S/C57H109NO13/c1-3-5-7-9-11-13-14-15-16-17-18-19-20-21-22-23-24-25-26-27-28-29-30-31-33-35-37-39-41-49(62)58-45(46(61)40-38-36-34-32-12-10-8-6-4-2)44-68-56-54(67)52(65)55(48(43-60)70-56)71-57-53(66)51(64)50(63)47(42-59)69-57/h38,40,45-48,50-57,59-61,63-67H,3-37,39,41-44H2,1-2H3,(H,58,62)/b40-38+/t45-,46+,47+,48+,50-,51?,52?,53?,54?,55+,56+,57-/m0/s1. The SMILES string of the molecule is CCCCCCCCC/C=C/[C@@H](O)[C@H](CO[C@@H]1O[C@H](CO)[C@@H](O[C@@H]2O[C@H](CO)[C@H](O)C(O)C2O)C(O)C1O)NC(=O)CCCCCCCCCCCCCCCCCCCCCCCCCCCCCC. The number of allylic oxidation sites excluding steroid dienone is 1. The monoisotopic (exact) mass is 1020 g/mol. The molecule has 0 aromatic rings. The van der Waals surface area contributed by atoms with E-state index in [1.54, 1.807) is 6.08 Å². The molecule has 2 heterocycles. The lowest BCUT2D eigenvalue weighted by molar-refractivity contribution is -0.359. The number of amides is 1. The van der Waals surface area contributed by atoms with E-state index >= 15 is 0 Å². The van der Waals surface area contributed by atoms with Gasteiger partial charge in [-0.2, -0.15) is 0 Å². The summed E-state index contributed by atoms with van der Waals surface area (Å²) in [5.41, 5.74) is 0. The molecule has 4 unspecified atom stereocenters. The summed E-state index contributed by atoms with van der Waals surface area (Å²) in [6.45, 7) is 2.78. The maximum absolute atomic E-state index is 13.2. The molecule has 420 valence electrons. The topological polar surface area (TPSA) is 228 Å². The fraction of sp³-hybridized carbons (Fsp3) is 0.947. The number of aliphatic hydroxyl groups excluding tert-OH is 8. The van der Waals surface area contributed by atoms with Gasteiger partial charge in [0.1, 0.15) is 48.8 Å². The average Bonchev–Trinajstić information content (AvgIpc) is 3.37. The third-order valence-electron chi connectivity index (χ3n) is 14.7. The molecule has 0 aromatic carbocycles. The average molecular weight is 1020 g/mol. The Labute approximate surface area is 431 Å². The molecule has 0 saturated carbocycles. The highest BCUT2D eigenvalue weighted by molar-refractivity contribution is 5.76. The highest BCUT2D eigenvalue weighted by Crippen LogP contribution is 2.30. The number of aliphatic hydroxyl groups is 8. The minimum absolute atomic E-state index is 0.237. The molecule has 2 fully saturated rings. The smallest absolute Gasteiger partial charge is 0.220 e. The summed E-state index contributed by atoms with van der Waals surface area (Å²) in [7, 11) is 0. The zero-order chi connectivity index (χ0) is 51.7. The van der Waals surface area contributed by atoms with Crippen molar-refractivity contribution in [3.8, 4) is 0 Å². The van der Waals surface area contributed by atoms with Gasteiger partial charge in [0.15, 0.2) is 12.6 Å². The van der Waals surface area contributed by atoms with E-state index in [0.29, 0.717) is 6.42 Å². The van der Waals surface area contributed by atoms with Crippen molar-refractivity contribution in [3.05, 3.63) is 12.2 Å². The predicted molar refractivity (Wildman–Crippen MR) is 282 cm³/mol. The van der Waals surface area contributed by atoms with Crippen LogP contribution in [-0.2, 0) is 23.7 Å². The lowest BCUT2D eigenvalue weighted by Crippen LogP contribution is -2.65. The molecule has 71 heavy (non-hydrogen) atoms. The highest BCUT2D eigenvalue weighted by atomic mass is 16.7. The normalized spacial score (nSPS) is 25.8. The van der Waals surface area contributed by atoms with Gasteiger partial charge in [0.2, 0.25) is 5.91 Å². The van der Waals surface area contributed by atoms with Crippen molar-refractivity contribution in [2.75, 3.05) is 19.8 Å². The maximum atomic E-state index is 13.2. The van der Waals surface area contributed by atoms with Crippen molar-refractivity contribution in [1.82, 2.24) is 5.32 Å². The fourth-order valence-electron chi connectivity index (χ4n) is 9.94. The third-order valence-corrected chi connectivity index (χ3v) is 14.7. The van der Waals surface area contributed by atoms with Crippen LogP contribution in [0.5, 0.6) is 0 Å². The Hall–Kier alpha value is -1.27. The molecular formula is C57H109NO13. The summed E-state index contributed by atoms with van der Waals surface area (Å²) < 4.78 is 22.7. The molecule has 12 atom stereocenters. The molecule has 0 spiro atoms. The van der Waals surface area contributed by atoms with E-state index in [4.69, 9.17) is 18.9 Å². The molecule has 14 heteroatoms. The Morgan fingerprint density at radius 3 is 1.30 bits per heavy atom. The van der Waals surface area contributed by atoms with Gasteiger partial charge in [-0.1, -0.05) is 238 Å². The molecule has 2 saturated heterocycles. The summed E-state index contributed by atoms with van der Waals surface area (Å²) in [5, 5.41) is 86.7. The molecule has 0 aliphatic carbocycles. The molecule has 0 aromatic heterocycles. The number of hydrogen-bond acceptors (Lipinski definition) is 13. The number of nitrogens with one attached hydrogen (secondary N) is 1. The van der Waals surface area contributed by atoms with Crippen molar-refractivity contribution >= 4 is 5.91 Å². The van der Waals surface area contributed by atoms with Crippen molar-refractivity contribution in [2.45, 2.75) is 325 Å². The Balaban J connectivity index is 1.64. The van der Waals surface area contributed by atoms with Crippen LogP contribution in [0.4, 0.5) is 0 Å². The van der Waals surface area contributed by atoms with E-state index in [-0.39, 0.29) is 18.9 Å². The van der Waals surface area contributed by atoms with Crippen LogP contribution >= 0.6 is 0 Å². The van der Waals surface area contributed by atoms with Gasteiger partial charge < -0.3 is 65.1 Å². The minimum Gasteiger partial charge on any atom is -0.394 e. The van der Waals surface area contributed by atoms with Crippen LogP contribution in [-0.4, -0.2) is 140 Å². The quantitative estimate of drug-likeness (QED) is 0.0205. The first-order valence-corrected chi connectivity index (χ1v) is 29.4. The van der Waals surface area contributed by atoms with Crippen LogP contribution < -0.4 is 5.32 Å². The van der Waals surface area contributed by atoms with E-state index < -0.39 is 86.8 Å².